The number of nitrogens with one attached hydrogen (secondary N) is 2. The highest BCUT2D eigenvalue weighted by atomic mass is 16.5. The standard InChI is InChI=1S/C22H26N4O4/c1-13-8-7-9-17(14(13)2)26-21(29)25(20(28)24-26)19(27)23-16-11-10-15(22(3,4)5)12-18(16)30-6/h7-12H,1-6H3,(H,23,27)(H,24,28). The second kappa shape index (κ2) is 7.70. The molecule has 1 amide bonds. The van der Waals surface area contributed by atoms with Crippen LogP contribution in [0.5, 0.6) is 5.75 Å². The number of aromatic nitrogens is 3. The molecule has 0 spiro atoms. The van der Waals surface area contributed by atoms with Crippen LogP contribution in [0, 0.1) is 13.8 Å². The number of amides is 1. The van der Waals surface area contributed by atoms with Crippen LogP contribution in [0.1, 0.15) is 37.5 Å². The number of aromatic amines is 1. The maximum Gasteiger partial charge on any atom is 0.360 e. The van der Waals surface area contributed by atoms with Gasteiger partial charge in [0.1, 0.15) is 5.75 Å². The summed E-state index contributed by atoms with van der Waals surface area (Å²) < 4.78 is 6.99. The Kier molecular flexibility index (Phi) is 5.43. The first-order valence-electron chi connectivity index (χ1n) is 9.55. The summed E-state index contributed by atoms with van der Waals surface area (Å²) in [6.07, 6.45) is 0. The number of H-pyrrole nitrogens is 1. The summed E-state index contributed by atoms with van der Waals surface area (Å²) in [4.78, 5) is 38.0. The predicted molar refractivity (Wildman–Crippen MR) is 116 cm³/mol. The van der Waals surface area contributed by atoms with E-state index in [1.165, 1.54) is 7.11 Å². The van der Waals surface area contributed by atoms with Crippen LogP contribution in [0.15, 0.2) is 46.0 Å². The molecular formula is C22H26N4O4. The summed E-state index contributed by atoms with van der Waals surface area (Å²) in [6.45, 7) is 9.94. The minimum atomic E-state index is -0.868. The Morgan fingerprint density at radius 2 is 1.80 bits per heavy atom. The number of aryl methyl sites for hydroxylation is 1. The van der Waals surface area contributed by atoms with E-state index in [0.717, 1.165) is 21.4 Å². The van der Waals surface area contributed by atoms with Crippen molar-refractivity contribution in [1.82, 2.24) is 14.3 Å². The van der Waals surface area contributed by atoms with E-state index in [1.807, 2.05) is 32.0 Å². The molecule has 30 heavy (non-hydrogen) atoms. The van der Waals surface area contributed by atoms with Gasteiger partial charge >= 0.3 is 17.4 Å². The number of methoxy groups -OCH3 is 1. The van der Waals surface area contributed by atoms with Crippen molar-refractivity contribution in [3.8, 4) is 11.4 Å². The Morgan fingerprint density at radius 3 is 2.43 bits per heavy atom. The van der Waals surface area contributed by atoms with Gasteiger partial charge in [0.15, 0.2) is 0 Å². The van der Waals surface area contributed by atoms with E-state index >= 15 is 0 Å². The van der Waals surface area contributed by atoms with Crippen molar-refractivity contribution in [2.75, 3.05) is 12.4 Å². The summed E-state index contributed by atoms with van der Waals surface area (Å²) in [5.74, 6) is 0.439. The van der Waals surface area contributed by atoms with Crippen molar-refractivity contribution in [3.05, 3.63) is 74.1 Å². The molecule has 3 rings (SSSR count). The molecule has 0 bridgehead atoms. The van der Waals surface area contributed by atoms with Gasteiger partial charge in [-0.3, -0.25) is 0 Å². The Hall–Kier alpha value is -3.55. The number of hydrogen-bond donors (Lipinski definition) is 2. The fourth-order valence-electron chi connectivity index (χ4n) is 3.13. The summed E-state index contributed by atoms with van der Waals surface area (Å²) in [5.41, 5.74) is 1.96. The SMILES string of the molecule is COc1cc(C(C)(C)C)ccc1NC(=O)n1c(=O)[nH]n(-c2cccc(C)c2C)c1=O. The lowest BCUT2D eigenvalue weighted by Crippen LogP contribution is -2.37. The van der Waals surface area contributed by atoms with Crippen molar-refractivity contribution in [2.45, 2.75) is 40.0 Å². The first kappa shape index (κ1) is 21.2. The Morgan fingerprint density at radius 1 is 1.10 bits per heavy atom. The van der Waals surface area contributed by atoms with E-state index in [9.17, 15) is 14.4 Å². The first-order chi connectivity index (χ1) is 14.0. The lowest BCUT2D eigenvalue weighted by Gasteiger charge is -2.21. The third-order valence-corrected chi connectivity index (χ3v) is 5.12. The molecule has 0 saturated carbocycles. The highest BCUT2D eigenvalue weighted by Gasteiger charge is 2.21. The van der Waals surface area contributed by atoms with Gasteiger partial charge in [-0.15, -0.1) is 0 Å². The van der Waals surface area contributed by atoms with Crippen LogP contribution in [-0.2, 0) is 5.41 Å². The fraction of sp³-hybridized carbons (Fsp3) is 0.318. The maximum absolute atomic E-state index is 12.8. The largest absolute Gasteiger partial charge is 0.495 e. The Bertz CT molecular complexity index is 1230. The molecule has 2 aromatic carbocycles. The van der Waals surface area contributed by atoms with Crippen molar-refractivity contribution in [2.24, 2.45) is 0 Å². The van der Waals surface area contributed by atoms with Crippen LogP contribution >= 0.6 is 0 Å². The lowest BCUT2D eigenvalue weighted by molar-refractivity contribution is 0.252. The highest BCUT2D eigenvalue weighted by Crippen LogP contribution is 2.31. The number of carbonyl (C=O) groups excluding carboxylic acids is 1. The van der Waals surface area contributed by atoms with Crippen molar-refractivity contribution in [3.63, 3.8) is 0 Å². The molecule has 2 N–H and O–H groups in total. The zero-order valence-electron chi connectivity index (χ0n) is 18.0. The van der Waals surface area contributed by atoms with Crippen LogP contribution < -0.4 is 21.4 Å². The predicted octanol–water partition coefficient (Wildman–Crippen LogP) is 3.33. The number of benzene rings is 2. The number of rotatable bonds is 3. The number of hydrogen-bond acceptors (Lipinski definition) is 4. The molecule has 0 atom stereocenters. The molecule has 0 fully saturated rings. The molecule has 0 aliphatic carbocycles. The van der Waals surface area contributed by atoms with Crippen molar-refractivity contribution < 1.29 is 9.53 Å². The van der Waals surface area contributed by atoms with Gasteiger partial charge in [-0.2, -0.15) is 4.57 Å². The third-order valence-electron chi connectivity index (χ3n) is 5.12. The number of carbonyl (C=O) groups is 1. The van der Waals surface area contributed by atoms with Crippen molar-refractivity contribution in [1.29, 1.82) is 0 Å². The molecule has 0 radical (unpaired) electrons. The highest BCUT2D eigenvalue weighted by molar-refractivity contribution is 5.92. The van der Waals surface area contributed by atoms with E-state index in [4.69, 9.17) is 4.74 Å². The van der Waals surface area contributed by atoms with Gasteiger partial charge in [-0.05, 0) is 54.2 Å². The molecule has 1 heterocycles. The molecule has 0 unspecified atom stereocenters. The number of nitrogens with zero attached hydrogens (tertiary/aromatic N) is 2. The van der Waals surface area contributed by atoms with Gasteiger partial charge in [0.2, 0.25) is 0 Å². The van der Waals surface area contributed by atoms with E-state index in [0.29, 0.717) is 21.7 Å². The molecule has 158 valence electrons. The smallest absolute Gasteiger partial charge is 0.360 e. The topological polar surface area (TPSA) is 98.1 Å². The van der Waals surface area contributed by atoms with E-state index in [1.54, 1.807) is 18.2 Å². The molecule has 0 aliphatic rings. The van der Waals surface area contributed by atoms with Gasteiger partial charge in [0.25, 0.3) is 0 Å². The molecule has 0 aliphatic heterocycles. The molecule has 3 aromatic rings. The van der Waals surface area contributed by atoms with Crippen LogP contribution in [-0.4, -0.2) is 27.5 Å². The second-order valence-electron chi connectivity index (χ2n) is 8.18. The molecule has 0 saturated heterocycles. The minimum absolute atomic E-state index is 0.104. The summed E-state index contributed by atoms with van der Waals surface area (Å²) in [7, 11) is 1.49. The average Bonchev–Trinajstić information content (AvgIpc) is 2.97. The molecule has 1 aromatic heterocycles. The number of ether oxygens (including phenoxy) is 1. The summed E-state index contributed by atoms with van der Waals surface area (Å²) in [5, 5.41) is 5.04. The lowest BCUT2D eigenvalue weighted by atomic mass is 9.87. The third kappa shape index (κ3) is 3.80. The van der Waals surface area contributed by atoms with E-state index in [2.05, 4.69) is 31.2 Å². The van der Waals surface area contributed by atoms with Gasteiger partial charge in [-0.1, -0.05) is 39.0 Å². The molecule has 8 heteroatoms. The van der Waals surface area contributed by atoms with Crippen LogP contribution in [0.25, 0.3) is 5.69 Å². The molecular weight excluding hydrogens is 384 g/mol. The summed E-state index contributed by atoms with van der Waals surface area (Å²) >= 11 is 0. The summed E-state index contributed by atoms with van der Waals surface area (Å²) in [6, 6.07) is 9.90. The Balaban J connectivity index is 2.00. The van der Waals surface area contributed by atoms with Crippen molar-refractivity contribution >= 4 is 11.7 Å². The van der Waals surface area contributed by atoms with Crippen LogP contribution in [0.3, 0.4) is 0 Å². The van der Waals surface area contributed by atoms with Gasteiger partial charge in [-0.25, -0.2) is 24.2 Å². The van der Waals surface area contributed by atoms with Crippen LogP contribution in [0.2, 0.25) is 0 Å². The Labute approximate surface area is 174 Å². The van der Waals surface area contributed by atoms with Crippen LogP contribution in [0.4, 0.5) is 10.5 Å². The first-order valence-corrected chi connectivity index (χ1v) is 9.55. The average molecular weight is 410 g/mol. The van der Waals surface area contributed by atoms with E-state index < -0.39 is 17.4 Å². The van der Waals surface area contributed by atoms with Gasteiger partial charge in [0, 0.05) is 0 Å². The zero-order chi connectivity index (χ0) is 22.2. The normalized spacial score (nSPS) is 11.4. The van der Waals surface area contributed by atoms with Gasteiger partial charge < -0.3 is 10.1 Å². The zero-order valence-corrected chi connectivity index (χ0v) is 18.0. The quantitative estimate of drug-likeness (QED) is 0.692. The van der Waals surface area contributed by atoms with E-state index in [-0.39, 0.29) is 5.41 Å². The monoisotopic (exact) mass is 410 g/mol. The second-order valence-corrected chi connectivity index (χ2v) is 8.18. The minimum Gasteiger partial charge on any atom is -0.495 e. The van der Waals surface area contributed by atoms with Gasteiger partial charge in [0.05, 0.1) is 18.5 Å². The fourth-order valence-corrected chi connectivity index (χ4v) is 3.13. The maximum atomic E-state index is 12.8. The molecule has 8 nitrogen and oxygen atoms in total. The number of anilines is 1.